The minimum atomic E-state index is -0.724. The van der Waals surface area contributed by atoms with E-state index < -0.39 is 17.8 Å². The maximum Gasteiger partial charge on any atom is 0.316 e. The molecule has 25 heavy (non-hydrogen) atoms. The first kappa shape index (κ1) is 16.8. The van der Waals surface area contributed by atoms with Gasteiger partial charge in [-0.25, -0.2) is 9.18 Å². The lowest BCUT2D eigenvalue weighted by atomic mass is 10.1. The molecule has 0 heterocycles. The Morgan fingerprint density at radius 3 is 2.68 bits per heavy atom. The summed E-state index contributed by atoms with van der Waals surface area (Å²) >= 11 is 0. The summed E-state index contributed by atoms with van der Waals surface area (Å²) in [4.78, 5) is 23.3. The molecular weight excluding hydrogens is 325 g/mol. The Morgan fingerprint density at radius 1 is 1.16 bits per heavy atom. The summed E-state index contributed by atoms with van der Waals surface area (Å²) in [6.07, 6.45) is 2.26. The number of rotatable bonds is 6. The van der Waals surface area contributed by atoms with Crippen molar-refractivity contribution in [1.29, 1.82) is 0 Å². The molecule has 1 aliphatic rings. The number of nitrogens with two attached hydrogens (primary N) is 1. The number of nitrogens with one attached hydrogen (secondary N) is 2. The van der Waals surface area contributed by atoms with E-state index in [4.69, 9.17) is 10.5 Å². The zero-order valence-corrected chi connectivity index (χ0v) is 13.4. The molecule has 0 atom stereocenters. The monoisotopic (exact) mass is 343 g/mol. The first-order chi connectivity index (χ1) is 12.0. The molecule has 6 nitrogen and oxygen atoms in total. The number of hydrogen-bond acceptors (Lipinski definition) is 3. The van der Waals surface area contributed by atoms with Gasteiger partial charge in [0.2, 0.25) is 0 Å². The Kier molecular flexibility index (Phi) is 4.83. The Balaban J connectivity index is 1.75. The van der Waals surface area contributed by atoms with Crippen LogP contribution in [0, 0.1) is 11.7 Å². The lowest BCUT2D eigenvalue weighted by Crippen LogP contribution is -2.20. The van der Waals surface area contributed by atoms with Crippen molar-refractivity contribution in [3.05, 3.63) is 53.8 Å². The molecule has 3 amide bonds. The van der Waals surface area contributed by atoms with Gasteiger partial charge in [0.15, 0.2) is 0 Å². The lowest BCUT2D eigenvalue weighted by Gasteiger charge is -2.13. The van der Waals surface area contributed by atoms with Crippen molar-refractivity contribution in [3.8, 4) is 5.75 Å². The second-order valence-electron chi connectivity index (χ2n) is 5.92. The van der Waals surface area contributed by atoms with Crippen LogP contribution in [0.25, 0.3) is 0 Å². The molecule has 0 radical (unpaired) electrons. The van der Waals surface area contributed by atoms with Crippen molar-refractivity contribution < 1.29 is 18.7 Å². The zero-order valence-electron chi connectivity index (χ0n) is 13.4. The highest BCUT2D eigenvalue weighted by Crippen LogP contribution is 2.32. The van der Waals surface area contributed by atoms with Crippen LogP contribution < -0.4 is 21.1 Å². The zero-order chi connectivity index (χ0) is 17.8. The van der Waals surface area contributed by atoms with E-state index in [1.54, 1.807) is 18.2 Å². The highest BCUT2D eigenvalue weighted by Gasteiger charge is 2.22. The minimum Gasteiger partial charge on any atom is -0.491 e. The lowest BCUT2D eigenvalue weighted by molar-refractivity contribution is 0.102. The van der Waals surface area contributed by atoms with E-state index in [-0.39, 0.29) is 5.69 Å². The Hall–Kier alpha value is -3.09. The van der Waals surface area contributed by atoms with Gasteiger partial charge in [0, 0.05) is 17.3 Å². The van der Waals surface area contributed by atoms with Crippen molar-refractivity contribution in [2.75, 3.05) is 17.2 Å². The van der Waals surface area contributed by atoms with Crippen molar-refractivity contribution >= 4 is 23.3 Å². The molecule has 130 valence electrons. The second kappa shape index (κ2) is 7.21. The summed E-state index contributed by atoms with van der Waals surface area (Å²) in [5.74, 6) is 0.0337. The number of carbonyl (C=O) groups excluding carboxylic acids is 2. The summed E-state index contributed by atoms with van der Waals surface area (Å²) in [7, 11) is 0. The van der Waals surface area contributed by atoms with E-state index in [0.717, 1.165) is 12.8 Å². The molecular formula is C18H18FN3O3. The maximum absolute atomic E-state index is 13.6. The van der Waals surface area contributed by atoms with Crippen LogP contribution in [0.4, 0.5) is 20.6 Å². The molecule has 0 unspecified atom stereocenters. The number of ether oxygens (including phenoxy) is 1. The molecule has 7 heteroatoms. The van der Waals surface area contributed by atoms with E-state index in [0.29, 0.717) is 29.5 Å². The van der Waals surface area contributed by atoms with E-state index in [1.807, 2.05) is 0 Å². The SMILES string of the molecule is NC(=O)Nc1cccc(C(=O)Nc2cc(F)ccc2OCC2CC2)c1. The summed E-state index contributed by atoms with van der Waals surface area (Å²) in [6.45, 7) is 0.548. The predicted octanol–water partition coefficient (Wildman–Crippen LogP) is 3.36. The van der Waals surface area contributed by atoms with Crippen LogP contribution in [0.5, 0.6) is 5.75 Å². The number of carbonyl (C=O) groups is 2. The van der Waals surface area contributed by atoms with Crippen LogP contribution in [-0.2, 0) is 0 Å². The topological polar surface area (TPSA) is 93.5 Å². The fourth-order valence-corrected chi connectivity index (χ4v) is 2.29. The van der Waals surface area contributed by atoms with Crippen LogP contribution in [-0.4, -0.2) is 18.5 Å². The largest absolute Gasteiger partial charge is 0.491 e. The summed E-state index contributed by atoms with van der Waals surface area (Å²) < 4.78 is 19.2. The van der Waals surface area contributed by atoms with Crippen molar-refractivity contribution in [2.24, 2.45) is 11.7 Å². The first-order valence-electron chi connectivity index (χ1n) is 7.91. The second-order valence-corrected chi connectivity index (χ2v) is 5.92. The molecule has 0 bridgehead atoms. The Morgan fingerprint density at radius 2 is 1.96 bits per heavy atom. The fraction of sp³-hybridized carbons (Fsp3) is 0.222. The molecule has 1 saturated carbocycles. The molecule has 3 rings (SSSR count). The number of amides is 3. The third-order valence-corrected chi connectivity index (χ3v) is 3.75. The van der Waals surface area contributed by atoms with E-state index in [1.165, 1.54) is 24.3 Å². The molecule has 2 aromatic rings. The molecule has 2 aromatic carbocycles. The molecule has 0 saturated heterocycles. The van der Waals surface area contributed by atoms with Crippen molar-refractivity contribution in [2.45, 2.75) is 12.8 Å². The maximum atomic E-state index is 13.6. The quantitative estimate of drug-likeness (QED) is 0.751. The molecule has 1 fully saturated rings. The molecule has 1 aliphatic carbocycles. The molecule has 0 spiro atoms. The number of urea groups is 1. The predicted molar refractivity (Wildman–Crippen MR) is 92.2 cm³/mol. The van der Waals surface area contributed by atoms with Gasteiger partial charge >= 0.3 is 6.03 Å². The number of halogens is 1. The van der Waals surface area contributed by atoms with Gasteiger partial charge in [-0.05, 0) is 49.1 Å². The van der Waals surface area contributed by atoms with Crippen LogP contribution in [0.2, 0.25) is 0 Å². The van der Waals surface area contributed by atoms with Gasteiger partial charge in [0.1, 0.15) is 11.6 Å². The summed E-state index contributed by atoms with van der Waals surface area (Å²) in [6, 6.07) is 9.54. The van der Waals surface area contributed by atoms with Gasteiger partial charge < -0.3 is 21.1 Å². The van der Waals surface area contributed by atoms with Crippen LogP contribution in [0.15, 0.2) is 42.5 Å². The van der Waals surface area contributed by atoms with Crippen LogP contribution >= 0.6 is 0 Å². The van der Waals surface area contributed by atoms with Gasteiger partial charge in [-0.1, -0.05) is 6.07 Å². The van der Waals surface area contributed by atoms with Gasteiger partial charge in [0.25, 0.3) is 5.91 Å². The minimum absolute atomic E-state index is 0.263. The smallest absolute Gasteiger partial charge is 0.316 e. The van der Waals surface area contributed by atoms with E-state index >= 15 is 0 Å². The molecule has 0 aliphatic heterocycles. The molecule has 0 aromatic heterocycles. The Bertz CT molecular complexity index is 806. The van der Waals surface area contributed by atoms with Crippen LogP contribution in [0.1, 0.15) is 23.2 Å². The standard InChI is InChI=1S/C18H18FN3O3/c19-13-6-7-16(25-10-11-4-5-11)15(9-13)22-17(23)12-2-1-3-14(8-12)21-18(20)24/h1-3,6-9,11H,4-5,10H2,(H,22,23)(H3,20,21,24). The number of anilines is 2. The number of benzene rings is 2. The normalized spacial score (nSPS) is 13.2. The van der Waals surface area contributed by atoms with Gasteiger partial charge in [-0.2, -0.15) is 0 Å². The van der Waals surface area contributed by atoms with Gasteiger partial charge in [-0.15, -0.1) is 0 Å². The third kappa shape index (κ3) is 4.69. The average molecular weight is 343 g/mol. The number of hydrogen-bond donors (Lipinski definition) is 3. The highest BCUT2D eigenvalue weighted by atomic mass is 19.1. The highest BCUT2D eigenvalue weighted by molar-refractivity contribution is 6.06. The third-order valence-electron chi connectivity index (χ3n) is 3.75. The number of primary amides is 1. The van der Waals surface area contributed by atoms with Crippen molar-refractivity contribution in [3.63, 3.8) is 0 Å². The van der Waals surface area contributed by atoms with Crippen LogP contribution in [0.3, 0.4) is 0 Å². The van der Waals surface area contributed by atoms with Gasteiger partial charge in [0.05, 0.1) is 12.3 Å². The van der Waals surface area contributed by atoms with Gasteiger partial charge in [-0.3, -0.25) is 4.79 Å². The molecule has 4 N–H and O–H groups in total. The average Bonchev–Trinajstić information content (AvgIpc) is 3.38. The summed E-state index contributed by atoms with van der Waals surface area (Å²) in [5, 5.41) is 5.04. The van der Waals surface area contributed by atoms with E-state index in [9.17, 15) is 14.0 Å². The van der Waals surface area contributed by atoms with E-state index in [2.05, 4.69) is 10.6 Å². The Labute approximate surface area is 144 Å². The fourth-order valence-electron chi connectivity index (χ4n) is 2.29. The first-order valence-corrected chi connectivity index (χ1v) is 7.91. The summed E-state index contributed by atoms with van der Waals surface area (Å²) in [5.41, 5.74) is 6.02. The van der Waals surface area contributed by atoms with Crippen molar-refractivity contribution in [1.82, 2.24) is 0 Å².